The van der Waals surface area contributed by atoms with Crippen LogP contribution in [0.3, 0.4) is 0 Å². The third-order valence-electron chi connectivity index (χ3n) is 3.60. The lowest BCUT2D eigenvalue weighted by Gasteiger charge is -2.18. The predicted molar refractivity (Wildman–Crippen MR) is 104 cm³/mol. The normalized spacial score (nSPS) is 17.4. The van der Waals surface area contributed by atoms with Crippen molar-refractivity contribution in [2.75, 3.05) is 0 Å². The third kappa shape index (κ3) is 3.70. The van der Waals surface area contributed by atoms with Crippen LogP contribution in [-0.4, -0.2) is 32.2 Å². The van der Waals surface area contributed by atoms with Gasteiger partial charge in [-0.2, -0.15) is 0 Å². The van der Waals surface area contributed by atoms with Gasteiger partial charge in [0.1, 0.15) is 21.9 Å². The van der Waals surface area contributed by atoms with Crippen LogP contribution in [0.2, 0.25) is 0 Å². The van der Waals surface area contributed by atoms with Crippen molar-refractivity contribution in [3.05, 3.63) is 51.5 Å². The van der Waals surface area contributed by atoms with E-state index >= 15 is 0 Å². The summed E-state index contributed by atoms with van der Waals surface area (Å²) in [6, 6.07) is 10.2. The van der Waals surface area contributed by atoms with E-state index in [-0.39, 0.29) is 4.32 Å². The van der Waals surface area contributed by atoms with Gasteiger partial charge in [0.25, 0.3) is 5.91 Å². The second-order valence-electron chi connectivity index (χ2n) is 5.27. The summed E-state index contributed by atoms with van der Waals surface area (Å²) < 4.78 is 6.96. The largest absolute Gasteiger partial charge is 0.480 e. The van der Waals surface area contributed by atoms with Gasteiger partial charge in [-0.05, 0) is 31.2 Å². The fraction of sp³-hybridized carbons (Fsp3) is 0.118. The van der Waals surface area contributed by atoms with E-state index < -0.39 is 17.9 Å². The Kier molecular flexibility index (Phi) is 5.12. The number of rotatable bonds is 4. The number of nitrogens with zero attached hydrogens (tertiary/aromatic N) is 1. The average molecular weight is 438 g/mol. The Hall–Kier alpha value is -1.90. The second kappa shape index (κ2) is 7.15. The molecule has 128 valence electrons. The van der Waals surface area contributed by atoms with Crippen LogP contribution in [0.1, 0.15) is 12.7 Å². The number of carbonyl (C=O) groups excluding carboxylic acids is 1. The van der Waals surface area contributed by atoms with Crippen molar-refractivity contribution in [2.24, 2.45) is 0 Å². The summed E-state index contributed by atoms with van der Waals surface area (Å²) in [6.45, 7) is 1.43. The predicted octanol–water partition coefficient (Wildman–Crippen LogP) is 4.38. The van der Waals surface area contributed by atoms with Gasteiger partial charge in [-0.1, -0.05) is 52.0 Å². The highest BCUT2D eigenvalue weighted by Gasteiger charge is 2.38. The molecule has 0 bridgehead atoms. The van der Waals surface area contributed by atoms with Gasteiger partial charge in [0, 0.05) is 16.1 Å². The number of thioether (sulfide) groups is 1. The van der Waals surface area contributed by atoms with Gasteiger partial charge in [0.05, 0.1) is 4.91 Å². The topological polar surface area (TPSA) is 70.8 Å². The Morgan fingerprint density at radius 1 is 1.32 bits per heavy atom. The lowest BCUT2D eigenvalue weighted by molar-refractivity contribution is -0.144. The van der Waals surface area contributed by atoms with Crippen LogP contribution in [0.4, 0.5) is 0 Å². The van der Waals surface area contributed by atoms with E-state index in [1.807, 2.05) is 30.3 Å². The SMILES string of the molecule is CC(C(=O)O)N1C(=O)/C(=C/c2ccc(-c3ccc(Br)cc3)o2)SC1=S. The highest BCUT2D eigenvalue weighted by molar-refractivity contribution is 9.10. The summed E-state index contributed by atoms with van der Waals surface area (Å²) in [4.78, 5) is 25.0. The van der Waals surface area contributed by atoms with E-state index in [1.54, 1.807) is 12.1 Å². The molecule has 1 atom stereocenters. The first-order valence-corrected chi connectivity index (χ1v) is 9.24. The highest BCUT2D eigenvalue weighted by Crippen LogP contribution is 2.35. The monoisotopic (exact) mass is 437 g/mol. The first-order valence-electron chi connectivity index (χ1n) is 7.22. The maximum absolute atomic E-state index is 12.4. The van der Waals surface area contributed by atoms with Crippen LogP contribution in [0.15, 0.2) is 50.2 Å². The minimum atomic E-state index is -1.10. The Bertz CT molecular complexity index is 888. The van der Waals surface area contributed by atoms with Gasteiger partial charge in [-0.3, -0.25) is 9.69 Å². The van der Waals surface area contributed by atoms with E-state index in [9.17, 15) is 9.59 Å². The number of hydrogen-bond acceptors (Lipinski definition) is 5. The number of carboxylic acid groups (broad SMARTS) is 1. The van der Waals surface area contributed by atoms with E-state index in [1.165, 1.54) is 6.92 Å². The van der Waals surface area contributed by atoms with Crippen molar-refractivity contribution < 1.29 is 19.1 Å². The smallest absolute Gasteiger partial charge is 0.326 e. The molecule has 2 heterocycles. The number of halogens is 1. The van der Waals surface area contributed by atoms with Gasteiger partial charge < -0.3 is 9.52 Å². The molecule has 1 amide bonds. The fourth-order valence-corrected chi connectivity index (χ4v) is 3.92. The summed E-state index contributed by atoms with van der Waals surface area (Å²) in [5.41, 5.74) is 0.912. The molecular weight excluding hydrogens is 426 g/mol. The Morgan fingerprint density at radius 2 is 2.00 bits per heavy atom. The Morgan fingerprint density at radius 3 is 2.64 bits per heavy atom. The molecule has 1 saturated heterocycles. The van der Waals surface area contributed by atoms with Crippen LogP contribution in [0.5, 0.6) is 0 Å². The second-order valence-corrected chi connectivity index (χ2v) is 7.87. The van der Waals surface area contributed by atoms with Crippen LogP contribution < -0.4 is 0 Å². The molecule has 5 nitrogen and oxygen atoms in total. The molecule has 1 aliphatic heterocycles. The third-order valence-corrected chi connectivity index (χ3v) is 5.46. The minimum absolute atomic E-state index is 0.228. The summed E-state index contributed by atoms with van der Waals surface area (Å²) in [7, 11) is 0. The van der Waals surface area contributed by atoms with Crippen molar-refractivity contribution in [2.45, 2.75) is 13.0 Å². The average Bonchev–Trinajstić information content (AvgIpc) is 3.13. The van der Waals surface area contributed by atoms with Crippen LogP contribution in [-0.2, 0) is 9.59 Å². The van der Waals surface area contributed by atoms with Crippen molar-refractivity contribution in [1.29, 1.82) is 0 Å². The molecule has 0 saturated carbocycles. The number of thiocarbonyl (C=S) groups is 1. The summed E-state index contributed by atoms with van der Waals surface area (Å²) in [6.07, 6.45) is 1.58. The van der Waals surface area contributed by atoms with Crippen molar-refractivity contribution in [1.82, 2.24) is 4.90 Å². The quantitative estimate of drug-likeness (QED) is 0.564. The zero-order valence-electron chi connectivity index (χ0n) is 12.9. The van der Waals surface area contributed by atoms with Gasteiger partial charge >= 0.3 is 5.97 Å². The summed E-state index contributed by atoms with van der Waals surface area (Å²) >= 11 is 9.58. The molecule has 2 aromatic rings. The van der Waals surface area contributed by atoms with Gasteiger partial charge in [0.2, 0.25) is 0 Å². The van der Waals surface area contributed by atoms with Crippen LogP contribution >= 0.6 is 39.9 Å². The molecule has 1 aromatic carbocycles. The number of carboxylic acids is 1. The molecule has 1 fully saturated rings. The maximum atomic E-state index is 12.4. The Labute approximate surface area is 161 Å². The van der Waals surface area contributed by atoms with Gasteiger partial charge in [-0.15, -0.1) is 0 Å². The Balaban J connectivity index is 1.84. The zero-order chi connectivity index (χ0) is 18.1. The molecule has 0 spiro atoms. The van der Waals surface area contributed by atoms with Crippen molar-refractivity contribution in [3.8, 4) is 11.3 Å². The highest BCUT2D eigenvalue weighted by atomic mass is 79.9. The summed E-state index contributed by atoms with van der Waals surface area (Å²) in [5, 5.41) is 9.10. The molecule has 1 aliphatic rings. The van der Waals surface area contributed by atoms with Gasteiger partial charge in [0.15, 0.2) is 0 Å². The van der Waals surface area contributed by atoms with Crippen molar-refractivity contribution >= 4 is 62.2 Å². The number of furan rings is 1. The van der Waals surface area contributed by atoms with E-state index in [4.69, 9.17) is 21.7 Å². The zero-order valence-corrected chi connectivity index (χ0v) is 16.2. The minimum Gasteiger partial charge on any atom is -0.480 e. The summed E-state index contributed by atoms with van der Waals surface area (Å²) in [5.74, 6) is -0.353. The number of aliphatic carboxylic acids is 1. The number of hydrogen-bond donors (Lipinski definition) is 1. The number of amides is 1. The molecular formula is C17H12BrNO4S2. The maximum Gasteiger partial charge on any atom is 0.326 e. The molecule has 3 rings (SSSR count). The first kappa shape index (κ1) is 17.9. The van der Waals surface area contributed by atoms with E-state index in [2.05, 4.69) is 15.9 Å². The fourth-order valence-electron chi connectivity index (χ4n) is 2.25. The molecule has 1 aromatic heterocycles. The molecule has 0 aliphatic carbocycles. The molecule has 25 heavy (non-hydrogen) atoms. The number of benzene rings is 1. The number of carbonyl (C=O) groups is 2. The van der Waals surface area contributed by atoms with Crippen molar-refractivity contribution in [3.63, 3.8) is 0 Å². The first-order chi connectivity index (χ1) is 11.9. The molecule has 1 N–H and O–H groups in total. The lowest BCUT2D eigenvalue weighted by Crippen LogP contribution is -2.41. The lowest BCUT2D eigenvalue weighted by atomic mass is 10.2. The van der Waals surface area contributed by atoms with Crippen LogP contribution in [0.25, 0.3) is 17.4 Å². The molecule has 0 radical (unpaired) electrons. The van der Waals surface area contributed by atoms with E-state index in [0.717, 1.165) is 26.7 Å². The van der Waals surface area contributed by atoms with E-state index in [0.29, 0.717) is 16.4 Å². The molecule has 8 heteroatoms. The van der Waals surface area contributed by atoms with Crippen LogP contribution in [0, 0.1) is 0 Å². The molecule has 1 unspecified atom stereocenters. The standard InChI is InChI=1S/C17H12BrNO4S2/c1-9(16(21)22)19-15(20)14(25-17(19)24)8-12-6-7-13(23-12)10-2-4-11(18)5-3-10/h2-9H,1H3,(H,21,22)/b14-8-. The van der Waals surface area contributed by atoms with Gasteiger partial charge in [-0.25, -0.2) is 4.79 Å².